The summed E-state index contributed by atoms with van der Waals surface area (Å²) in [4.78, 5) is 35.7. The molecule has 0 bridgehead atoms. The minimum absolute atomic E-state index is 0.162. The van der Waals surface area contributed by atoms with Crippen molar-refractivity contribution in [3.8, 4) is 0 Å². The van der Waals surface area contributed by atoms with Crippen molar-refractivity contribution in [2.24, 2.45) is 0 Å². The second-order valence-electron chi connectivity index (χ2n) is 4.95. The molecule has 25 heavy (non-hydrogen) atoms. The molecule has 2 aromatic carbocycles. The molecule has 0 aliphatic rings. The number of hydrogen-bond acceptors (Lipinski definition) is 4. The van der Waals surface area contributed by atoms with Gasteiger partial charge in [0.05, 0.1) is 5.39 Å². The van der Waals surface area contributed by atoms with E-state index < -0.39 is 34.6 Å². The van der Waals surface area contributed by atoms with Crippen LogP contribution in [0.1, 0.15) is 20.8 Å². The van der Waals surface area contributed by atoms with Crippen LogP contribution in [-0.2, 0) is 0 Å². The molecule has 0 atom stereocenters. The van der Waals surface area contributed by atoms with Crippen molar-refractivity contribution in [2.45, 2.75) is 0 Å². The van der Waals surface area contributed by atoms with Crippen molar-refractivity contribution in [1.82, 2.24) is 21.0 Å². The maximum atomic E-state index is 13.5. The molecule has 0 saturated carbocycles. The quantitative estimate of drug-likeness (QED) is 0.609. The lowest BCUT2D eigenvalue weighted by atomic mass is 10.1. The highest BCUT2D eigenvalue weighted by Crippen LogP contribution is 2.13. The highest BCUT2D eigenvalue weighted by molar-refractivity contribution is 6.06. The van der Waals surface area contributed by atoms with Crippen molar-refractivity contribution in [1.29, 1.82) is 0 Å². The van der Waals surface area contributed by atoms with Crippen molar-refractivity contribution < 1.29 is 18.4 Å². The first-order chi connectivity index (χ1) is 12.0. The second kappa shape index (κ2) is 6.48. The normalized spacial score (nSPS) is 10.5. The topological polar surface area (TPSA) is 104 Å². The van der Waals surface area contributed by atoms with Gasteiger partial charge in [-0.05, 0) is 18.2 Å². The van der Waals surface area contributed by atoms with E-state index in [1.807, 2.05) is 10.9 Å². The summed E-state index contributed by atoms with van der Waals surface area (Å²) in [6, 6.07) is 9.16. The van der Waals surface area contributed by atoms with Gasteiger partial charge in [-0.2, -0.15) is 5.10 Å². The van der Waals surface area contributed by atoms with Crippen LogP contribution in [0.2, 0.25) is 0 Å². The lowest BCUT2D eigenvalue weighted by molar-refractivity contribution is 0.0839. The van der Waals surface area contributed by atoms with Crippen LogP contribution in [0.25, 0.3) is 10.8 Å². The third kappa shape index (κ3) is 3.07. The molecular formula is C16H10F2N4O3. The first-order valence-electron chi connectivity index (χ1n) is 7.01. The Labute approximate surface area is 138 Å². The number of nitrogens with one attached hydrogen (secondary N) is 3. The van der Waals surface area contributed by atoms with Gasteiger partial charge in [0.2, 0.25) is 0 Å². The number of hydrazine groups is 1. The molecule has 126 valence electrons. The van der Waals surface area contributed by atoms with E-state index in [-0.39, 0.29) is 16.5 Å². The first-order valence-corrected chi connectivity index (χ1v) is 7.01. The number of nitrogens with zero attached hydrogens (tertiary/aromatic N) is 1. The number of aromatic amines is 1. The molecule has 3 N–H and O–H groups in total. The Morgan fingerprint density at radius 2 is 1.48 bits per heavy atom. The van der Waals surface area contributed by atoms with Gasteiger partial charge in [0, 0.05) is 5.39 Å². The zero-order valence-corrected chi connectivity index (χ0v) is 12.5. The van der Waals surface area contributed by atoms with Crippen molar-refractivity contribution >= 4 is 22.6 Å². The van der Waals surface area contributed by atoms with Crippen LogP contribution in [-0.4, -0.2) is 22.0 Å². The Morgan fingerprint density at radius 1 is 0.880 bits per heavy atom. The second-order valence-corrected chi connectivity index (χ2v) is 4.95. The predicted molar refractivity (Wildman–Crippen MR) is 83.7 cm³/mol. The molecule has 7 nitrogen and oxygen atoms in total. The van der Waals surface area contributed by atoms with Gasteiger partial charge in [-0.3, -0.25) is 25.2 Å². The van der Waals surface area contributed by atoms with Gasteiger partial charge >= 0.3 is 0 Å². The number of benzene rings is 2. The molecule has 0 spiro atoms. The molecule has 0 aliphatic carbocycles. The van der Waals surface area contributed by atoms with Gasteiger partial charge in [0.15, 0.2) is 5.69 Å². The van der Waals surface area contributed by atoms with Crippen molar-refractivity contribution in [3.63, 3.8) is 0 Å². The van der Waals surface area contributed by atoms with Crippen molar-refractivity contribution in [3.05, 3.63) is 75.7 Å². The highest BCUT2D eigenvalue weighted by atomic mass is 19.1. The van der Waals surface area contributed by atoms with Gasteiger partial charge in [-0.15, -0.1) is 0 Å². The molecule has 9 heteroatoms. The van der Waals surface area contributed by atoms with E-state index in [0.29, 0.717) is 0 Å². The van der Waals surface area contributed by atoms with Gasteiger partial charge in [-0.1, -0.05) is 24.3 Å². The number of amides is 2. The van der Waals surface area contributed by atoms with Crippen molar-refractivity contribution in [2.75, 3.05) is 0 Å². The SMILES string of the molecule is O=C(NNC(=O)c1n[nH]c(=O)c2ccccc12)c1c(F)cccc1F. The number of rotatable bonds is 2. The van der Waals surface area contributed by atoms with Crippen LogP contribution >= 0.6 is 0 Å². The number of carbonyl (C=O) groups is 2. The van der Waals surface area contributed by atoms with Crippen LogP contribution < -0.4 is 16.4 Å². The largest absolute Gasteiger partial charge is 0.290 e. The molecule has 0 unspecified atom stereocenters. The standard InChI is InChI=1S/C16H10F2N4O3/c17-10-6-3-7-11(18)12(10)15(24)21-22-16(25)13-8-4-1-2-5-9(8)14(23)20-19-13/h1-7H,(H,20,23)(H,21,24)(H,22,25). The van der Waals surface area contributed by atoms with Crippen LogP contribution in [0.4, 0.5) is 8.78 Å². The van der Waals surface area contributed by atoms with E-state index in [1.165, 1.54) is 12.1 Å². The van der Waals surface area contributed by atoms with Crippen LogP contribution in [0.15, 0.2) is 47.3 Å². The summed E-state index contributed by atoms with van der Waals surface area (Å²) in [6.07, 6.45) is 0. The third-order valence-corrected chi connectivity index (χ3v) is 3.39. The molecule has 0 aliphatic heterocycles. The molecule has 0 saturated heterocycles. The molecule has 2 amide bonds. The Balaban J connectivity index is 1.83. The molecular weight excluding hydrogens is 334 g/mol. The fourth-order valence-electron chi connectivity index (χ4n) is 2.24. The molecule has 3 rings (SSSR count). The summed E-state index contributed by atoms with van der Waals surface area (Å²) in [6.45, 7) is 0. The average Bonchev–Trinajstić information content (AvgIpc) is 2.60. The van der Waals surface area contributed by atoms with E-state index in [2.05, 4.69) is 10.2 Å². The smallest absolute Gasteiger partial charge is 0.267 e. The van der Waals surface area contributed by atoms with Crippen LogP contribution in [0.3, 0.4) is 0 Å². The Kier molecular flexibility index (Phi) is 4.21. The van der Waals surface area contributed by atoms with Crippen LogP contribution in [0.5, 0.6) is 0 Å². The fraction of sp³-hybridized carbons (Fsp3) is 0. The number of halogens is 2. The molecule has 3 aromatic rings. The summed E-state index contributed by atoms with van der Waals surface area (Å²) in [7, 11) is 0. The van der Waals surface area contributed by atoms with E-state index in [0.717, 1.165) is 18.2 Å². The third-order valence-electron chi connectivity index (χ3n) is 3.39. The number of aromatic nitrogens is 2. The number of fused-ring (bicyclic) bond motifs is 1. The summed E-state index contributed by atoms with van der Waals surface area (Å²) >= 11 is 0. The van der Waals surface area contributed by atoms with Gasteiger partial charge < -0.3 is 0 Å². The first kappa shape index (κ1) is 16.2. The predicted octanol–water partition coefficient (Wildman–Crippen LogP) is 1.28. The van der Waals surface area contributed by atoms with Gasteiger partial charge in [-0.25, -0.2) is 13.9 Å². The summed E-state index contributed by atoms with van der Waals surface area (Å²) in [5, 5.41) is 6.30. The van der Waals surface area contributed by atoms with E-state index in [9.17, 15) is 23.2 Å². The summed E-state index contributed by atoms with van der Waals surface area (Å²) in [5.74, 6) is -4.17. The number of hydrogen-bond donors (Lipinski definition) is 3. The van der Waals surface area contributed by atoms with E-state index in [4.69, 9.17) is 0 Å². The van der Waals surface area contributed by atoms with Gasteiger partial charge in [0.1, 0.15) is 17.2 Å². The molecule has 0 radical (unpaired) electrons. The molecule has 1 heterocycles. The lowest BCUT2D eigenvalue weighted by Crippen LogP contribution is -2.43. The highest BCUT2D eigenvalue weighted by Gasteiger charge is 2.19. The maximum Gasteiger partial charge on any atom is 0.290 e. The Bertz CT molecular complexity index is 1030. The summed E-state index contributed by atoms with van der Waals surface area (Å²) in [5.41, 5.74) is 2.44. The van der Waals surface area contributed by atoms with E-state index >= 15 is 0 Å². The Morgan fingerprint density at radius 3 is 2.16 bits per heavy atom. The fourth-order valence-corrected chi connectivity index (χ4v) is 2.24. The van der Waals surface area contributed by atoms with E-state index in [1.54, 1.807) is 12.1 Å². The minimum Gasteiger partial charge on any atom is -0.267 e. The minimum atomic E-state index is -1.17. The average molecular weight is 344 g/mol. The number of H-pyrrole nitrogens is 1. The maximum absolute atomic E-state index is 13.5. The van der Waals surface area contributed by atoms with Crippen LogP contribution in [0, 0.1) is 11.6 Å². The number of carbonyl (C=O) groups excluding carboxylic acids is 2. The lowest BCUT2D eigenvalue weighted by Gasteiger charge is -2.09. The Hall–Kier alpha value is -3.62. The van der Waals surface area contributed by atoms with Gasteiger partial charge in [0.25, 0.3) is 17.4 Å². The molecule has 0 fully saturated rings. The summed E-state index contributed by atoms with van der Waals surface area (Å²) < 4.78 is 27.1. The monoisotopic (exact) mass is 344 g/mol. The molecule has 1 aromatic heterocycles. The zero-order chi connectivity index (χ0) is 18.0. The zero-order valence-electron chi connectivity index (χ0n) is 12.5.